The predicted octanol–water partition coefficient (Wildman–Crippen LogP) is 0.615. The number of rotatable bonds is 3. The summed E-state index contributed by atoms with van der Waals surface area (Å²) in [5.74, 6) is 0.352. The SMILES string of the molecule is C[C](C)C(C=O)C=O. The summed E-state index contributed by atoms with van der Waals surface area (Å²) in [7, 11) is 0. The largest absolute Gasteiger partial charge is 0.303 e. The summed E-state index contributed by atoms with van der Waals surface area (Å²) in [6, 6.07) is 0. The van der Waals surface area contributed by atoms with Crippen LogP contribution in [-0.2, 0) is 9.59 Å². The highest BCUT2D eigenvalue weighted by molar-refractivity contribution is 5.80. The van der Waals surface area contributed by atoms with Crippen LogP contribution in [0.2, 0.25) is 0 Å². The van der Waals surface area contributed by atoms with Crippen LogP contribution in [0.1, 0.15) is 13.8 Å². The van der Waals surface area contributed by atoms with Crippen LogP contribution in [-0.4, -0.2) is 12.6 Å². The van der Waals surface area contributed by atoms with Crippen molar-refractivity contribution in [2.45, 2.75) is 13.8 Å². The molecule has 0 bridgehead atoms. The third-order valence-electron chi connectivity index (χ3n) is 0.960. The van der Waals surface area contributed by atoms with Gasteiger partial charge in [0.1, 0.15) is 12.6 Å². The summed E-state index contributed by atoms with van der Waals surface area (Å²) in [6.07, 6.45) is 1.28. The third kappa shape index (κ3) is 1.87. The van der Waals surface area contributed by atoms with Crippen LogP contribution in [0.5, 0.6) is 0 Å². The number of hydrogen-bond donors (Lipinski definition) is 0. The minimum absolute atomic E-state index is 0.491. The van der Waals surface area contributed by atoms with Gasteiger partial charge in [0.15, 0.2) is 0 Å². The van der Waals surface area contributed by atoms with Gasteiger partial charge in [0, 0.05) is 0 Å². The van der Waals surface area contributed by atoms with Crippen molar-refractivity contribution in [3.05, 3.63) is 5.92 Å². The van der Waals surface area contributed by atoms with Gasteiger partial charge in [-0.2, -0.15) is 0 Å². The molecular weight excluding hydrogens is 104 g/mol. The smallest absolute Gasteiger partial charge is 0.130 e. The molecule has 0 aromatic carbocycles. The number of aldehydes is 2. The Balaban J connectivity index is 3.68. The monoisotopic (exact) mass is 113 g/mol. The van der Waals surface area contributed by atoms with Crippen molar-refractivity contribution >= 4 is 12.6 Å². The van der Waals surface area contributed by atoms with Crippen LogP contribution in [0, 0.1) is 11.8 Å². The molecule has 1 radical (unpaired) electrons. The fraction of sp³-hybridized carbons (Fsp3) is 0.500. The Morgan fingerprint density at radius 1 is 1.25 bits per heavy atom. The molecule has 0 aliphatic heterocycles. The fourth-order valence-electron chi connectivity index (χ4n) is 0.304. The van der Waals surface area contributed by atoms with Crippen molar-refractivity contribution in [3.8, 4) is 0 Å². The van der Waals surface area contributed by atoms with Gasteiger partial charge in [-0.3, -0.25) is 0 Å². The lowest BCUT2D eigenvalue weighted by Crippen LogP contribution is -2.08. The first-order valence-corrected chi connectivity index (χ1v) is 2.43. The topological polar surface area (TPSA) is 34.1 Å². The summed E-state index contributed by atoms with van der Waals surface area (Å²) in [4.78, 5) is 19.9. The van der Waals surface area contributed by atoms with E-state index in [0.717, 1.165) is 5.92 Å². The van der Waals surface area contributed by atoms with Crippen molar-refractivity contribution in [1.82, 2.24) is 0 Å². The molecule has 0 atom stereocenters. The molecule has 45 valence electrons. The molecule has 0 aromatic rings. The first-order valence-electron chi connectivity index (χ1n) is 2.43. The minimum Gasteiger partial charge on any atom is -0.303 e. The van der Waals surface area contributed by atoms with Gasteiger partial charge in [-0.15, -0.1) is 0 Å². The normalized spacial score (nSPS) is 10.0. The van der Waals surface area contributed by atoms with Gasteiger partial charge in [-0.05, 0) is 5.92 Å². The maximum atomic E-state index is 9.93. The highest BCUT2D eigenvalue weighted by Crippen LogP contribution is 2.05. The van der Waals surface area contributed by atoms with E-state index in [1.807, 2.05) is 0 Å². The van der Waals surface area contributed by atoms with Crippen LogP contribution in [0.4, 0.5) is 0 Å². The molecule has 0 aliphatic carbocycles. The van der Waals surface area contributed by atoms with Crippen molar-refractivity contribution in [1.29, 1.82) is 0 Å². The highest BCUT2D eigenvalue weighted by Gasteiger charge is 2.09. The Labute approximate surface area is 48.9 Å². The molecule has 0 saturated heterocycles. The maximum Gasteiger partial charge on any atom is 0.130 e. The average Bonchev–Trinajstić information content (AvgIpc) is 1.69. The zero-order valence-corrected chi connectivity index (χ0v) is 5.05. The van der Waals surface area contributed by atoms with E-state index < -0.39 is 5.92 Å². The van der Waals surface area contributed by atoms with Gasteiger partial charge in [0.05, 0.1) is 5.92 Å². The van der Waals surface area contributed by atoms with E-state index in [2.05, 4.69) is 0 Å². The molecule has 0 unspecified atom stereocenters. The second-order valence-electron chi connectivity index (χ2n) is 1.88. The Hall–Kier alpha value is -0.660. The van der Waals surface area contributed by atoms with Gasteiger partial charge in [-0.1, -0.05) is 13.8 Å². The molecule has 2 nitrogen and oxygen atoms in total. The molecule has 8 heavy (non-hydrogen) atoms. The second kappa shape index (κ2) is 3.36. The minimum atomic E-state index is -0.491. The van der Waals surface area contributed by atoms with Gasteiger partial charge in [0.2, 0.25) is 0 Å². The van der Waals surface area contributed by atoms with E-state index in [9.17, 15) is 9.59 Å². The van der Waals surface area contributed by atoms with E-state index in [0.29, 0.717) is 12.6 Å². The number of hydrogen-bond acceptors (Lipinski definition) is 2. The fourth-order valence-corrected chi connectivity index (χ4v) is 0.304. The van der Waals surface area contributed by atoms with E-state index in [1.165, 1.54) is 0 Å². The Morgan fingerprint density at radius 2 is 1.62 bits per heavy atom. The summed E-state index contributed by atoms with van der Waals surface area (Å²) in [5.41, 5.74) is 0. The molecule has 0 fully saturated rings. The molecule has 0 aliphatic rings. The molecule has 0 spiro atoms. The van der Waals surface area contributed by atoms with Crippen molar-refractivity contribution in [3.63, 3.8) is 0 Å². The van der Waals surface area contributed by atoms with Crippen LogP contribution in [0.25, 0.3) is 0 Å². The van der Waals surface area contributed by atoms with Gasteiger partial charge < -0.3 is 9.59 Å². The van der Waals surface area contributed by atoms with Crippen molar-refractivity contribution in [2.75, 3.05) is 0 Å². The summed E-state index contributed by atoms with van der Waals surface area (Å²) in [6.45, 7) is 3.51. The summed E-state index contributed by atoms with van der Waals surface area (Å²) in [5, 5.41) is 0. The Bertz CT molecular complexity index is 78.5. The molecule has 0 N–H and O–H groups in total. The van der Waals surface area contributed by atoms with Crippen LogP contribution in [0.3, 0.4) is 0 Å². The van der Waals surface area contributed by atoms with Crippen LogP contribution in [0.15, 0.2) is 0 Å². The average molecular weight is 113 g/mol. The van der Waals surface area contributed by atoms with Gasteiger partial charge >= 0.3 is 0 Å². The molecule has 0 amide bonds. The van der Waals surface area contributed by atoms with E-state index >= 15 is 0 Å². The Kier molecular flexibility index (Phi) is 3.08. The molecule has 0 saturated carbocycles. The van der Waals surface area contributed by atoms with E-state index in [-0.39, 0.29) is 0 Å². The zero-order chi connectivity index (χ0) is 6.57. The second-order valence-corrected chi connectivity index (χ2v) is 1.88. The summed E-state index contributed by atoms with van der Waals surface area (Å²) >= 11 is 0. The van der Waals surface area contributed by atoms with Crippen LogP contribution >= 0.6 is 0 Å². The quantitative estimate of drug-likeness (QED) is 0.397. The lowest BCUT2D eigenvalue weighted by atomic mass is 10.00. The van der Waals surface area contributed by atoms with Crippen molar-refractivity contribution in [2.24, 2.45) is 5.92 Å². The molecule has 0 rings (SSSR count). The van der Waals surface area contributed by atoms with Gasteiger partial charge in [-0.25, -0.2) is 0 Å². The Morgan fingerprint density at radius 3 is 1.62 bits per heavy atom. The van der Waals surface area contributed by atoms with Gasteiger partial charge in [0.25, 0.3) is 0 Å². The first kappa shape index (κ1) is 7.34. The molecule has 0 heterocycles. The standard InChI is InChI=1S/C6H9O2/c1-5(2)6(3-7)4-8/h3-4,6H,1-2H3. The molecular formula is C6H9O2. The first-order chi connectivity index (χ1) is 3.72. The number of carbonyl (C=O) groups is 2. The van der Waals surface area contributed by atoms with Crippen molar-refractivity contribution < 1.29 is 9.59 Å². The predicted molar refractivity (Wildman–Crippen MR) is 30.2 cm³/mol. The third-order valence-corrected chi connectivity index (χ3v) is 0.960. The lowest BCUT2D eigenvalue weighted by molar-refractivity contribution is -0.118. The zero-order valence-electron chi connectivity index (χ0n) is 5.05. The molecule has 0 aromatic heterocycles. The summed E-state index contributed by atoms with van der Waals surface area (Å²) < 4.78 is 0. The van der Waals surface area contributed by atoms with E-state index in [1.54, 1.807) is 13.8 Å². The maximum absolute atomic E-state index is 9.93. The van der Waals surface area contributed by atoms with Crippen LogP contribution < -0.4 is 0 Å². The lowest BCUT2D eigenvalue weighted by Gasteiger charge is -2.02. The number of carbonyl (C=O) groups excluding carboxylic acids is 2. The highest BCUT2D eigenvalue weighted by atomic mass is 16.1. The molecule has 2 heteroatoms. The van der Waals surface area contributed by atoms with E-state index in [4.69, 9.17) is 0 Å².